The second-order valence-corrected chi connectivity index (χ2v) is 5.58. The van der Waals surface area contributed by atoms with Gasteiger partial charge in [-0.1, -0.05) is 18.7 Å². The van der Waals surface area contributed by atoms with E-state index in [9.17, 15) is 0 Å². The lowest BCUT2D eigenvalue weighted by Crippen LogP contribution is -2.21. The molecule has 0 atom stereocenters. The van der Waals surface area contributed by atoms with Gasteiger partial charge >= 0.3 is 0 Å². The summed E-state index contributed by atoms with van der Waals surface area (Å²) in [6, 6.07) is 2.13. The molecule has 0 bridgehead atoms. The Bertz CT molecular complexity index is 440. The van der Waals surface area contributed by atoms with Crippen molar-refractivity contribution in [2.75, 3.05) is 13.1 Å². The van der Waals surface area contributed by atoms with Gasteiger partial charge in [0.15, 0.2) is 0 Å². The molecule has 5 nitrogen and oxygen atoms in total. The minimum Gasteiger partial charge on any atom is -0.315 e. The third-order valence-electron chi connectivity index (χ3n) is 2.37. The van der Waals surface area contributed by atoms with Crippen molar-refractivity contribution in [2.45, 2.75) is 30.8 Å². The molecule has 0 aliphatic heterocycles. The number of tetrazole rings is 1. The summed E-state index contributed by atoms with van der Waals surface area (Å²) in [6.07, 6.45) is 1.15. The van der Waals surface area contributed by atoms with Gasteiger partial charge in [0.05, 0.1) is 6.54 Å². The van der Waals surface area contributed by atoms with E-state index in [-0.39, 0.29) is 0 Å². The van der Waals surface area contributed by atoms with Crippen LogP contribution in [-0.4, -0.2) is 33.3 Å². The van der Waals surface area contributed by atoms with Crippen molar-refractivity contribution in [2.24, 2.45) is 0 Å². The minimum absolute atomic E-state index is 0.818. The van der Waals surface area contributed by atoms with E-state index >= 15 is 0 Å². The maximum absolute atomic E-state index is 4.05. The Morgan fingerprint density at radius 2 is 2.39 bits per heavy atom. The third kappa shape index (κ3) is 4.08. The summed E-state index contributed by atoms with van der Waals surface area (Å²) < 4.78 is 1.86. The molecule has 0 amide bonds. The molecule has 2 aromatic heterocycles. The van der Waals surface area contributed by atoms with Crippen LogP contribution in [0.2, 0.25) is 0 Å². The lowest BCUT2D eigenvalue weighted by Gasteiger charge is -2.04. The zero-order valence-electron chi connectivity index (χ0n) is 10.4. The number of nitrogens with one attached hydrogen (secondary N) is 1. The molecule has 0 saturated carbocycles. The largest absolute Gasteiger partial charge is 0.315 e. The molecule has 0 fully saturated rings. The van der Waals surface area contributed by atoms with Crippen molar-refractivity contribution in [1.29, 1.82) is 0 Å². The van der Waals surface area contributed by atoms with Gasteiger partial charge in [0.1, 0.15) is 0 Å². The highest BCUT2D eigenvalue weighted by molar-refractivity contribution is 7.98. The van der Waals surface area contributed by atoms with Gasteiger partial charge in [-0.15, -0.1) is 5.10 Å². The van der Waals surface area contributed by atoms with E-state index in [0.29, 0.717) is 0 Å². The van der Waals surface area contributed by atoms with Gasteiger partial charge in [0.2, 0.25) is 5.16 Å². The van der Waals surface area contributed by atoms with E-state index in [4.69, 9.17) is 0 Å². The fourth-order valence-corrected chi connectivity index (χ4v) is 3.07. The average molecular weight is 283 g/mol. The molecule has 0 spiro atoms. The zero-order chi connectivity index (χ0) is 12.6. The Hall–Kier alpha value is -0.920. The van der Waals surface area contributed by atoms with Gasteiger partial charge in [-0.25, -0.2) is 4.68 Å². The van der Waals surface area contributed by atoms with Gasteiger partial charge in [-0.2, -0.15) is 11.3 Å². The number of hydrogen-bond acceptors (Lipinski definition) is 6. The molecule has 7 heteroatoms. The molecule has 0 radical (unpaired) electrons. The van der Waals surface area contributed by atoms with Crippen LogP contribution in [0.25, 0.3) is 0 Å². The van der Waals surface area contributed by atoms with Crippen molar-refractivity contribution in [3.63, 3.8) is 0 Å². The first kappa shape index (κ1) is 13.5. The summed E-state index contributed by atoms with van der Waals surface area (Å²) >= 11 is 3.40. The third-order valence-corrected chi connectivity index (χ3v) is 4.13. The van der Waals surface area contributed by atoms with Crippen LogP contribution in [0.4, 0.5) is 0 Å². The number of hydrogen-bond donors (Lipinski definition) is 1. The van der Waals surface area contributed by atoms with Crippen LogP contribution in [0, 0.1) is 0 Å². The van der Waals surface area contributed by atoms with E-state index in [1.807, 2.05) is 4.68 Å². The SMILES string of the molecule is CCCNCCn1nnnc1SCc1ccsc1. The monoisotopic (exact) mass is 283 g/mol. The highest BCUT2D eigenvalue weighted by atomic mass is 32.2. The number of rotatable bonds is 8. The van der Waals surface area contributed by atoms with Crippen molar-refractivity contribution < 1.29 is 0 Å². The molecule has 0 aliphatic carbocycles. The first-order valence-electron chi connectivity index (χ1n) is 6.01. The fraction of sp³-hybridized carbons (Fsp3) is 0.545. The Balaban J connectivity index is 1.79. The summed E-state index contributed by atoms with van der Waals surface area (Å²) in [6.45, 7) is 4.93. The lowest BCUT2D eigenvalue weighted by molar-refractivity contribution is 0.510. The summed E-state index contributed by atoms with van der Waals surface area (Å²) in [7, 11) is 0. The molecule has 2 rings (SSSR count). The van der Waals surface area contributed by atoms with E-state index in [1.165, 1.54) is 5.56 Å². The van der Waals surface area contributed by atoms with Gasteiger partial charge in [-0.05, 0) is 45.8 Å². The quantitative estimate of drug-likeness (QED) is 0.593. The maximum Gasteiger partial charge on any atom is 0.209 e. The highest BCUT2D eigenvalue weighted by Crippen LogP contribution is 2.20. The van der Waals surface area contributed by atoms with Crippen LogP contribution in [0.3, 0.4) is 0 Å². The Kier molecular flexibility index (Phi) is 5.63. The van der Waals surface area contributed by atoms with E-state index in [1.54, 1.807) is 23.1 Å². The first-order chi connectivity index (χ1) is 8.90. The van der Waals surface area contributed by atoms with E-state index < -0.39 is 0 Å². The van der Waals surface area contributed by atoms with Crippen LogP contribution in [0.15, 0.2) is 22.0 Å². The van der Waals surface area contributed by atoms with Crippen LogP contribution in [0.1, 0.15) is 18.9 Å². The van der Waals surface area contributed by atoms with Gasteiger partial charge in [-0.3, -0.25) is 0 Å². The molecule has 0 aliphatic rings. The maximum atomic E-state index is 4.05. The van der Waals surface area contributed by atoms with E-state index in [0.717, 1.165) is 37.0 Å². The van der Waals surface area contributed by atoms with Crippen molar-refractivity contribution in [3.05, 3.63) is 22.4 Å². The average Bonchev–Trinajstić information content (AvgIpc) is 3.03. The van der Waals surface area contributed by atoms with Crippen LogP contribution >= 0.6 is 23.1 Å². The fourth-order valence-electron chi connectivity index (χ4n) is 1.45. The molecule has 1 N–H and O–H groups in total. The number of thiophene rings is 1. The van der Waals surface area contributed by atoms with Crippen LogP contribution in [0.5, 0.6) is 0 Å². The summed E-state index contributed by atoms with van der Waals surface area (Å²) in [4.78, 5) is 0. The predicted molar refractivity (Wildman–Crippen MR) is 74.9 cm³/mol. The van der Waals surface area contributed by atoms with E-state index in [2.05, 4.69) is 44.6 Å². The molecule has 98 valence electrons. The Morgan fingerprint density at radius 1 is 1.44 bits per heavy atom. The number of thioether (sulfide) groups is 1. The first-order valence-corrected chi connectivity index (χ1v) is 7.93. The molecule has 0 aromatic carbocycles. The zero-order valence-corrected chi connectivity index (χ0v) is 12.0. The Labute approximate surface area is 115 Å². The molecule has 18 heavy (non-hydrogen) atoms. The van der Waals surface area contributed by atoms with Crippen molar-refractivity contribution in [3.8, 4) is 0 Å². The standard InChI is InChI=1S/C11H17N5S2/c1-2-4-12-5-6-16-11(13-14-15-16)18-9-10-3-7-17-8-10/h3,7-8,12H,2,4-6,9H2,1H3. The smallest absolute Gasteiger partial charge is 0.209 e. The number of aromatic nitrogens is 4. The topological polar surface area (TPSA) is 55.6 Å². The van der Waals surface area contributed by atoms with Crippen LogP contribution < -0.4 is 5.32 Å². The van der Waals surface area contributed by atoms with Crippen molar-refractivity contribution in [1.82, 2.24) is 25.5 Å². The molecule has 2 heterocycles. The number of nitrogens with zero attached hydrogens (tertiary/aromatic N) is 4. The highest BCUT2D eigenvalue weighted by Gasteiger charge is 2.06. The predicted octanol–water partition coefficient (Wildman–Crippen LogP) is 2.03. The van der Waals surface area contributed by atoms with Gasteiger partial charge in [0.25, 0.3) is 0 Å². The summed E-state index contributed by atoms with van der Waals surface area (Å²) in [5.74, 6) is 0.923. The lowest BCUT2D eigenvalue weighted by atomic mass is 10.4. The van der Waals surface area contributed by atoms with Crippen LogP contribution in [-0.2, 0) is 12.3 Å². The van der Waals surface area contributed by atoms with Gasteiger partial charge in [0, 0.05) is 12.3 Å². The summed E-state index contributed by atoms with van der Waals surface area (Å²) in [5, 5.41) is 20.3. The Morgan fingerprint density at radius 3 is 3.17 bits per heavy atom. The van der Waals surface area contributed by atoms with Gasteiger partial charge < -0.3 is 5.32 Å². The minimum atomic E-state index is 0.818. The molecular weight excluding hydrogens is 266 g/mol. The normalized spacial score (nSPS) is 10.9. The second-order valence-electron chi connectivity index (χ2n) is 3.85. The molecule has 0 saturated heterocycles. The second kappa shape index (κ2) is 7.50. The molecular formula is C11H17N5S2. The molecule has 0 unspecified atom stereocenters. The van der Waals surface area contributed by atoms with Crippen molar-refractivity contribution >= 4 is 23.1 Å². The molecule has 2 aromatic rings. The summed E-state index contributed by atoms with van der Waals surface area (Å²) in [5.41, 5.74) is 1.32.